The quantitative estimate of drug-likeness (QED) is 0.833. The summed E-state index contributed by atoms with van der Waals surface area (Å²) >= 11 is 0. The fourth-order valence-electron chi connectivity index (χ4n) is 3.01. The van der Waals surface area contributed by atoms with Gasteiger partial charge in [0.05, 0.1) is 38.6 Å². The van der Waals surface area contributed by atoms with E-state index in [-0.39, 0.29) is 23.3 Å². The molecule has 7 nitrogen and oxygen atoms in total. The number of aromatic nitrogens is 3. The molecule has 1 amide bonds. The van der Waals surface area contributed by atoms with E-state index in [9.17, 15) is 9.18 Å². The Morgan fingerprint density at radius 1 is 1.33 bits per heavy atom. The number of benzene rings is 1. The summed E-state index contributed by atoms with van der Waals surface area (Å²) in [6.45, 7) is 1.13. The first-order chi connectivity index (χ1) is 11.6. The summed E-state index contributed by atoms with van der Waals surface area (Å²) in [4.78, 5) is 14.5. The number of amides is 1. The molecule has 0 spiro atoms. The monoisotopic (exact) mass is 334 g/mol. The summed E-state index contributed by atoms with van der Waals surface area (Å²) in [7, 11) is 2.88. The van der Waals surface area contributed by atoms with Crippen molar-refractivity contribution in [3.8, 4) is 11.5 Å². The van der Waals surface area contributed by atoms with Crippen molar-refractivity contribution in [2.75, 3.05) is 20.8 Å². The minimum atomic E-state index is -0.621. The third-order valence-corrected chi connectivity index (χ3v) is 4.21. The minimum absolute atomic E-state index is 0.0156. The lowest BCUT2D eigenvalue weighted by Gasteiger charge is -2.25. The summed E-state index contributed by atoms with van der Waals surface area (Å²) in [6.07, 6.45) is 5.06. The van der Waals surface area contributed by atoms with Gasteiger partial charge in [0.15, 0.2) is 11.5 Å². The first-order valence-corrected chi connectivity index (χ1v) is 7.70. The predicted molar refractivity (Wildman–Crippen MR) is 83.6 cm³/mol. The maximum atomic E-state index is 14.4. The number of ether oxygens (including phenoxy) is 2. The highest BCUT2D eigenvalue weighted by Gasteiger charge is 2.32. The summed E-state index contributed by atoms with van der Waals surface area (Å²) in [6, 6.07) is 2.53. The average Bonchev–Trinajstić information content (AvgIpc) is 3.26. The van der Waals surface area contributed by atoms with Crippen molar-refractivity contribution in [2.45, 2.75) is 25.4 Å². The maximum Gasteiger partial charge on any atom is 0.257 e. The van der Waals surface area contributed by atoms with Gasteiger partial charge < -0.3 is 14.4 Å². The van der Waals surface area contributed by atoms with Crippen LogP contribution >= 0.6 is 0 Å². The summed E-state index contributed by atoms with van der Waals surface area (Å²) in [5.41, 5.74) is -0.0156. The smallest absolute Gasteiger partial charge is 0.257 e. The number of halogens is 1. The molecular formula is C16H19FN4O3. The van der Waals surface area contributed by atoms with E-state index < -0.39 is 5.82 Å². The van der Waals surface area contributed by atoms with Crippen LogP contribution in [-0.4, -0.2) is 52.6 Å². The second kappa shape index (κ2) is 6.86. The highest BCUT2D eigenvalue weighted by Crippen LogP contribution is 2.31. The van der Waals surface area contributed by atoms with Gasteiger partial charge in [-0.2, -0.15) is 0 Å². The van der Waals surface area contributed by atoms with Crippen LogP contribution < -0.4 is 9.47 Å². The molecule has 0 bridgehead atoms. The van der Waals surface area contributed by atoms with Crippen LogP contribution in [0.25, 0.3) is 0 Å². The molecular weight excluding hydrogens is 315 g/mol. The van der Waals surface area contributed by atoms with Crippen molar-refractivity contribution < 1.29 is 18.7 Å². The molecule has 1 aliphatic heterocycles. The number of likely N-dealkylation sites (tertiary alicyclic amines) is 1. The van der Waals surface area contributed by atoms with Crippen molar-refractivity contribution >= 4 is 5.91 Å². The molecule has 128 valence electrons. The van der Waals surface area contributed by atoms with Gasteiger partial charge in [-0.1, -0.05) is 5.21 Å². The molecule has 1 aliphatic rings. The summed E-state index contributed by atoms with van der Waals surface area (Å²) in [5, 5.41) is 7.70. The maximum absolute atomic E-state index is 14.4. The van der Waals surface area contributed by atoms with Crippen molar-refractivity contribution in [3.63, 3.8) is 0 Å². The Balaban J connectivity index is 1.85. The van der Waals surface area contributed by atoms with Gasteiger partial charge in [-0.3, -0.25) is 9.48 Å². The van der Waals surface area contributed by atoms with Crippen LogP contribution in [0.3, 0.4) is 0 Å². The number of methoxy groups -OCH3 is 2. The zero-order chi connectivity index (χ0) is 17.1. The third-order valence-electron chi connectivity index (χ3n) is 4.21. The van der Waals surface area contributed by atoms with E-state index in [4.69, 9.17) is 9.47 Å². The van der Waals surface area contributed by atoms with Crippen LogP contribution in [0.1, 0.15) is 23.2 Å². The Morgan fingerprint density at radius 3 is 2.75 bits per heavy atom. The molecule has 2 aromatic rings. The molecule has 1 aromatic heterocycles. The largest absolute Gasteiger partial charge is 0.493 e. The zero-order valence-electron chi connectivity index (χ0n) is 13.6. The lowest BCUT2D eigenvalue weighted by atomic mass is 10.1. The molecule has 0 unspecified atom stereocenters. The predicted octanol–water partition coefficient (Wildman–Crippen LogP) is 1.74. The first-order valence-electron chi connectivity index (χ1n) is 7.70. The van der Waals surface area contributed by atoms with Crippen molar-refractivity contribution in [2.24, 2.45) is 0 Å². The van der Waals surface area contributed by atoms with Crippen molar-refractivity contribution in [1.29, 1.82) is 0 Å². The third kappa shape index (κ3) is 3.04. The number of hydrogen-bond acceptors (Lipinski definition) is 5. The van der Waals surface area contributed by atoms with Crippen molar-refractivity contribution in [1.82, 2.24) is 19.9 Å². The molecule has 1 fully saturated rings. The normalized spacial score (nSPS) is 17.1. The SMILES string of the molecule is COc1cc(F)c(C(=O)N2CCC[C@H]2Cn2ccnn2)cc1OC. The van der Waals surface area contributed by atoms with Crippen LogP contribution in [-0.2, 0) is 6.54 Å². The molecule has 24 heavy (non-hydrogen) atoms. The Morgan fingerprint density at radius 2 is 2.08 bits per heavy atom. The first kappa shape index (κ1) is 16.2. The van der Waals surface area contributed by atoms with E-state index >= 15 is 0 Å². The number of rotatable bonds is 5. The Kier molecular flexibility index (Phi) is 4.64. The fraction of sp³-hybridized carbons (Fsp3) is 0.438. The van der Waals surface area contributed by atoms with Crippen LogP contribution in [0.4, 0.5) is 4.39 Å². The second-order valence-electron chi connectivity index (χ2n) is 5.61. The number of carbonyl (C=O) groups is 1. The highest BCUT2D eigenvalue weighted by molar-refractivity contribution is 5.95. The molecule has 2 heterocycles. The molecule has 0 aliphatic carbocycles. The molecule has 8 heteroatoms. The Hall–Kier alpha value is -2.64. The Labute approximate surface area is 139 Å². The van der Waals surface area contributed by atoms with E-state index in [1.807, 2.05) is 0 Å². The van der Waals surface area contributed by atoms with Gasteiger partial charge >= 0.3 is 0 Å². The van der Waals surface area contributed by atoms with Crippen LogP contribution in [0.15, 0.2) is 24.5 Å². The minimum Gasteiger partial charge on any atom is -0.493 e. The van der Waals surface area contributed by atoms with Gasteiger partial charge in [0, 0.05) is 18.8 Å². The molecule has 3 rings (SSSR count). The van der Waals surface area contributed by atoms with Crippen LogP contribution in [0, 0.1) is 5.82 Å². The number of nitrogens with zero attached hydrogens (tertiary/aromatic N) is 4. The van der Waals surface area contributed by atoms with Gasteiger partial charge in [0.1, 0.15) is 5.82 Å². The van der Waals surface area contributed by atoms with Crippen LogP contribution in [0.5, 0.6) is 11.5 Å². The van der Waals surface area contributed by atoms with Gasteiger partial charge in [-0.25, -0.2) is 4.39 Å². The van der Waals surface area contributed by atoms with Crippen molar-refractivity contribution in [3.05, 3.63) is 35.9 Å². The van der Waals surface area contributed by atoms with Gasteiger partial charge in [-0.15, -0.1) is 5.10 Å². The Bertz CT molecular complexity index is 720. The topological polar surface area (TPSA) is 69.5 Å². The summed E-state index contributed by atoms with van der Waals surface area (Å²) in [5.74, 6) is -0.387. The lowest BCUT2D eigenvalue weighted by Crippen LogP contribution is -2.38. The molecule has 1 atom stereocenters. The summed E-state index contributed by atoms with van der Waals surface area (Å²) < 4.78 is 26.3. The molecule has 0 N–H and O–H groups in total. The molecule has 0 radical (unpaired) electrons. The van der Waals surface area contributed by atoms with E-state index in [0.29, 0.717) is 18.8 Å². The fourth-order valence-corrected chi connectivity index (χ4v) is 3.01. The number of hydrogen-bond donors (Lipinski definition) is 0. The lowest BCUT2D eigenvalue weighted by molar-refractivity contribution is 0.0716. The van der Waals surface area contributed by atoms with E-state index in [1.165, 1.54) is 26.4 Å². The van der Waals surface area contributed by atoms with E-state index in [1.54, 1.807) is 22.0 Å². The van der Waals surface area contributed by atoms with Gasteiger partial charge in [0.2, 0.25) is 0 Å². The molecule has 0 saturated carbocycles. The standard InChI is InChI=1S/C16H19FN4O3/c1-23-14-8-12(13(17)9-15(14)24-2)16(22)21-6-3-4-11(21)10-20-7-5-18-19-20/h5,7-9,11H,3-4,6,10H2,1-2H3/t11-/m0/s1. The van der Waals surface area contributed by atoms with Gasteiger partial charge in [-0.05, 0) is 18.9 Å². The average molecular weight is 334 g/mol. The highest BCUT2D eigenvalue weighted by atomic mass is 19.1. The second-order valence-corrected chi connectivity index (χ2v) is 5.61. The van der Waals surface area contributed by atoms with Gasteiger partial charge in [0.25, 0.3) is 5.91 Å². The van der Waals surface area contributed by atoms with Crippen LogP contribution in [0.2, 0.25) is 0 Å². The molecule has 1 aromatic carbocycles. The van der Waals surface area contributed by atoms with E-state index in [2.05, 4.69) is 10.3 Å². The zero-order valence-corrected chi connectivity index (χ0v) is 13.6. The number of carbonyl (C=O) groups excluding carboxylic acids is 1. The molecule has 1 saturated heterocycles. The van der Waals surface area contributed by atoms with E-state index in [0.717, 1.165) is 12.8 Å².